The lowest BCUT2D eigenvalue weighted by molar-refractivity contribution is -0.347. The molecule has 0 amide bonds. The van der Waals surface area contributed by atoms with Gasteiger partial charge in [-0.1, -0.05) is 20.8 Å². The number of Topliss-reactive ketones (excluding diaryl/α,β-unsaturated/α-hetero) is 1. The zero-order valence-electron chi connectivity index (χ0n) is 10.5. The van der Waals surface area contributed by atoms with E-state index < -0.39 is 40.8 Å². The summed E-state index contributed by atoms with van der Waals surface area (Å²) in [5.74, 6) is -20.2. The molecule has 0 bridgehead atoms. The lowest BCUT2D eigenvalue weighted by Gasteiger charge is -2.35. The van der Waals surface area contributed by atoms with Gasteiger partial charge in [-0.15, -0.1) is 0 Å². The van der Waals surface area contributed by atoms with Gasteiger partial charge >= 0.3 is 23.1 Å². The highest BCUT2D eigenvalue weighted by Gasteiger charge is 2.80. The van der Waals surface area contributed by atoms with Crippen LogP contribution in [0.2, 0.25) is 0 Å². The Bertz CT molecular complexity index is 380. The molecule has 0 aliphatic carbocycles. The van der Waals surface area contributed by atoms with Crippen molar-refractivity contribution in [1.29, 1.82) is 0 Å². The Balaban J connectivity index is 5.54. The highest BCUT2D eigenvalue weighted by molar-refractivity contribution is 6.22. The monoisotopic (exact) mass is 334 g/mol. The number of alkyl halides is 9. The van der Waals surface area contributed by atoms with Gasteiger partial charge in [0.1, 0.15) is 5.78 Å². The van der Waals surface area contributed by atoms with Gasteiger partial charge in [0.2, 0.25) is 0 Å². The minimum atomic E-state index is -6.52. The van der Waals surface area contributed by atoms with Crippen molar-refractivity contribution < 1.29 is 39.9 Å². The van der Waals surface area contributed by atoms with E-state index >= 15 is 0 Å². The Kier molecular flexibility index (Phi) is 4.84. The van der Waals surface area contributed by atoms with Crippen molar-refractivity contribution in [2.45, 2.75) is 50.3 Å². The first-order valence-electron chi connectivity index (χ1n) is 5.11. The predicted molar refractivity (Wildman–Crippen MR) is 54.7 cm³/mol. The molecule has 0 aromatic heterocycles. The van der Waals surface area contributed by atoms with Gasteiger partial charge < -0.3 is 0 Å². The van der Waals surface area contributed by atoms with E-state index in [1.165, 1.54) is 0 Å². The van der Waals surface area contributed by atoms with Crippen molar-refractivity contribution in [3.63, 3.8) is 0 Å². The van der Waals surface area contributed by atoms with Crippen LogP contribution in [0.5, 0.6) is 0 Å². The van der Waals surface area contributed by atoms with Crippen LogP contribution in [0.25, 0.3) is 0 Å². The molecule has 20 heavy (non-hydrogen) atoms. The molecule has 0 aromatic rings. The maximum absolute atomic E-state index is 13.2. The molecular weight excluding hydrogens is 324 g/mol. The second-order valence-electron chi connectivity index (χ2n) is 5.20. The van der Waals surface area contributed by atoms with Gasteiger partial charge in [-0.3, -0.25) is 4.79 Å². The summed E-state index contributed by atoms with van der Waals surface area (Å²) in [6, 6.07) is 0. The Morgan fingerprint density at radius 3 is 1.45 bits per heavy atom. The van der Waals surface area contributed by atoms with E-state index in [4.69, 9.17) is 0 Å². The van der Waals surface area contributed by atoms with Crippen LogP contribution < -0.4 is 0 Å². The SMILES string of the molecule is CC(C)(C)C(=O)CC(F)(F)C(F)(F)C(F)(F)C(F)(F)Cl. The summed E-state index contributed by atoms with van der Waals surface area (Å²) in [5, 5.41) is -5.90. The van der Waals surface area contributed by atoms with E-state index in [9.17, 15) is 39.9 Å². The molecule has 0 aliphatic rings. The lowest BCUT2D eigenvalue weighted by atomic mass is 9.85. The smallest absolute Gasteiger partial charge is 0.299 e. The molecule has 120 valence electrons. The first-order chi connectivity index (χ1) is 8.38. The van der Waals surface area contributed by atoms with Crippen LogP contribution in [-0.2, 0) is 4.79 Å². The fraction of sp³-hybridized carbons (Fsp3) is 0.900. The van der Waals surface area contributed by atoms with Crippen LogP contribution in [0.3, 0.4) is 0 Å². The summed E-state index contributed by atoms with van der Waals surface area (Å²) < 4.78 is 102. The second-order valence-corrected chi connectivity index (χ2v) is 5.68. The molecular formula is C10H11ClF8O. The highest BCUT2D eigenvalue weighted by Crippen LogP contribution is 2.55. The molecule has 1 nitrogen and oxygen atoms in total. The van der Waals surface area contributed by atoms with Crippen molar-refractivity contribution in [2.75, 3.05) is 0 Å². The molecule has 0 saturated carbocycles. The molecule has 0 radical (unpaired) electrons. The van der Waals surface area contributed by atoms with Crippen LogP contribution in [0.1, 0.15) is 27.2 Å². The minimum Gasteiger partial charge on any atom is -0.299 e. The van der Waals surface area contributed by atoms with E-state index in [-0.39, 0.29) is 0 Å². The highest BCUT2D eigenvalue weighted by atomic mass is 35.5. The average Bonchev–Trinajstić information content (AvgIpc) is 2.12. The Morgan fingerprint density at radius 2 is 1.20 bits per heavy atom. The topological polar surface area (TPSA) is 17.1 Å². The van der Waals surface area contributed by atoms with Crippen molar-refractivity contribution >= 4 is 17.4 Å². The summed E-state index contributed by atoms with van der Waals surface area (Å²) in [7, 11) is 0. The zero-order chi connectivity index (χ0) is 16.8. The molecule has 10 heteroatoms. The number of hydrogen-bond donors (Lipinski definition) is 0. The molecule has 0 fully saturated rings. The molecule has 0 saturated heterocycles. The summed E-state index contributed by atoms with van der Waals surface area (Å²) in [6.07, 6.45) is -2.31. The number of rotatable bonds is 5. The minimum absolute atomic E-state index is 1.08. The fourth-order valence-corrected chi connectivity index (χ4v) is 1.10. The largest absolute Gasteiger partial charge is 0.392 e. The van der Waals surface area contributed by atoms with Gasteiger partial charge in [0.25, 0.3) is 0 Å². The summed E-state index contributed by atoms with van der Waals surface area (Å²) in [4.78, 5) is 11.2. The molecule has 0 heterocycles. The molecule has 0 unspecified atom stereocenters. The van der Waals surface area contributed by atoms with Gasteiger partial charge in [0, 0.05) is 5.41 Å². The number of halogens is 9. The van der Waals surface area contributed by atoms with Crippen LogP contribution in [0.15, 0.2) is 0 Å². The number of ketones is 1. The van der Waals surface area contributed by atoms with Crippen LogP contribution in [0, 0.1) is 5.41 Å². The van der Waals surface area contributed by atoms with Crippen molar-refractivity contribution in [3.05, 3.63) is 0 Å². The second kappa shape index (κ2) is 4.99. The first kappa shape index (κ1) is 19.4. The Hall–Kier alpha value is -0.600. The van der Waals surface area contributed by atoms with Crippen molar-refractivity contribution in [2.24, 2.45) is 5.41 Å². The third kappa shape index (κ3) is 3.35. The first-order valence-corrected chi connectivity index (χ1v) is 5.49. The number of carbonyl (C=O) groups excluding carboxylic acids is 1. The quantitative estimate of drug-likeness (QED) is 0.525. The van der Waals surface area contributed by atoms with Gasteiger partial charge in [-0.2, -0.15) is 35.1 Å². The maximum atomic E-state index is 13.2. The molecule has 0 aliphatic heterocycles. The van der Waals surface area contributed by atoms with Gasteiger partial charge in [-0.05, 0) is 11.6 Å². The van der Waals surface area contributed by atoms with Gasteiger partial charge in [0.15, 0.2) is 0 Å². The van der Waals surface area contributed by atoms with Gasteiger partial charge in [-0.25, -0.2) is 0 Å². The normalized spacial score (nSPS) is 15.4. The average molecular weight is 335 g/mol. The standard InChI is InChI=1S/C10H11ClF8O/c1-6(2,3)5(20)4-7(12,13)8(14,15)9(16,17)10(11,18)19/h4H2,1-3H3. The summed E-state index contributed by atoms with van der Waals surface area (Å²) >= 11 is 3.76. The van der Waals surface area contributed by atoms with Crippen molar-refractivity contribution in [1.82, 2.24) is 0 Å². The van der Waals surface area contributed by atoms with E-state index in [0.717, 1.165) is 20.8 Å². The molecule has 0 spiro atoms. The molecule has 0 atom stereocenters. The summed E-state index contributed by atoms with van der Waals surface area (Å²) in [5.41, 5.74) is -1.53. The zero-order valence-corrected chi connectivity index (χ0v) is 11.3. The van der Waals surface area contributed by atoms with Gasteiger partial charge in [0.05, 0.1) is 6.42 Å². The molecule has 0 rings (SSSR count). The lowest BCUT2D eigenvalue weighted by Crippen LogP contribution is -2.61. The third-order valence-corrected chi connectivity index (χ3v) is 2.67. The van der Waals surface area contributed by atoms with Crippen LogP contribution in [0.4, 0.5) is 35.1 Å². The van der Waals surface area contributed by atoms with Crippen molar-refractivity contribution in [3.8, 4) is 0 Å². The Labute approximate surface area is 114 Å². The van der Waals surface area contributed by atoms with Crippen LogP contribution >= 0.6 is 11.6 Å². The van der Waals surface area contributed by atoms with E-state index in [2.05, 4.69) is 11.6 Å². The molecule has 0 aromatic carbocycles. The van der Waals surface area contributed by atoms with Crippen LogP contribution in [-0.4, -0.2) is 28.9 Å². The van der Waals surface area contributed by atoms with E-state index in [1.54, 1.807) is 0 Å². The Morgan fingerprint density at radius 1 is 0.850 bits per heavy atom. The fourth-order valence-electron chi connectivity index (χ4n) is 0.986. The molecule has 0 N–H and O–H groups in total. The van der Waals surface area contributed by atoms with E-state index in [0.29, 0.717) is 0 Å². The summed E-state index contributed by atoms with van der Waals surface area (Å²) in [6.45, 7) is 3.24. The number of carbonyl (C=O) groups is 1. The predicted octanol–water partition coefficient (Wildman–Crippen LogP) is 4.73. The van der Waals surface area contributed by atoms with E-state index in [1.807, 2.05) is 0 Å². The third-order valence-electron chi connectivity index (χ3n) is 2.43. The maximum Gasteiger partial charge on any atom is 0.392 e. The number of hydrogen-bond acceptors (Lipinski definition) is 1.